The van der Waals surface area contributed by atoms with E-state index in [4.69, 9.17) is 10.1 Å². The molecule has 0 atom stereocenters. The summed E-state index contributed by atoms with van der Waals surface area (Å²) in [6.07, 6.45) is 0. The van der Waals surface area contributed by atoms with Crippen LogP contribution in [0.1, 0.15) is 5.56 Å². The molecule has 0 radical (unpaired) electrons. The maximum atomic E-state index is 13.8. The summed E-state index contributed by atoms with van der Waals surface area (Å²) in [5, 5.41) is 8.95. The standard InChI is InChI=1S/C28H22N4O2/c29-28-30(18-20-10-2-1-3-11-20)21-12-4-5-13-22(21)31(28)19-27(33)32-23-14-6-8-16-25(23)34-26-17-9-7-15-24(26)32/h1-17,29H,18-19H2. The highest BCUT2D eigenvalue weighted by Gasteiger charge is 2.29. The van der Waals surface area contributed by atoms with Gasteiger partial charge in [-0.2, -0.15) is 0 Å². The molecule has 34 heavy (non-hydrogen) atoms. The second-order valence-corrected chi connectivity index (χ2v) is 8.24. The zero-order valence-electron chi connectivity index (χ0n) is 18.4. The van der Waals surface area contributed by atoms with Crippen molar-refractivity contribution in [3.05, 3.63) is 114 Å². The maximum absolute atomic E-state index is 13.8. The first-order chi connectivity index (χ1) is 16.7. The van der Waals surface area contributed by atoms with Crippen LogP contribution in [-0.2, 0) is 17.9 Å². The number of amides is 1. The van der Waals surface area contributed by atoms with Crippen molar-refractivity contribution in [2.24, 2.45) is 0 Å². The lowest BCUT2D eigenvalue weighted by Crippen LogP contribution is -2.35. The van der Waals surface area contributed by atoms with Gasteiger partial charge in [0.15, 0.2) is 11.5 Å². The summed E-state index contributed by atoms with van der Waals surface area (Å²) in [6.45, 7) is 0.592. The second-order valence-electron chi connectivity index (χ2n) is 8.24. The normalized spacial score (nSPS) is 12.2. The minimum absolute atomic E-state index is 0.0316. The number of carbonyl (C=O) groups excluding carboxylic acids is 1. The fourth-order valence-corrected chi connectivity index (χ4v) is 4.56. The average Bonchev–Trinajstić information content (AvgIpc) is 3.13. The van der Waals surface area contributed by atoms with Crippen LogP contribution >= 0.6 is 0 Å². The molecule has 1 aliphatic rings. The third kappa shape index (κ3) is 3.28. The Morgan fingerprint density at radius 1 is 0.676 bits per heavy atom. The van der Waals surface area contributed by atoms with E-state index in [1.165, 1.54) is 0 Å². The summed E-state index contributed by atoms with van der Waals surface area (Å²) in [5.74, 6) is 1.14. The maximum Gasteiger partial charge on any atom is 0.251 e. The van der Waals surface area contributed by atoms with Gasteiger partial charge in [0.2, 0.25) is 5.62 Å². The number of aromatic nitrogens is 2. The van der Waals surface area contributed by atoms with E-state index >= 15 is 0 Å². The number of rotatable bonds is 4. The fourth-order valence-electron chi connectivity index (χ4n) is 4.56. The molecule has 0 fully saturated rings. The van der Waals surface area contributed by atoms with Crippen LogP contribution in [-0.4, -0.2) is 15.0 Å². The lowest BCUT2D eigenvalue weighted by atomic mass is 10.1. The smallest absolute Gasteiger partial charge is 0.251 e. The van der Waals surface area contributed by atoms with Crippen LogP contribution in [0.2, 0.25) is 0 Å². The Hall–Kier alpha value is -4.58. The highest BCUT2D eigenvalue weighted by molar-refractivity contribution is 6.04. The fraction of sp³-hybridized carbons (Fsp3) is 0.0714. The van der Waals surface area contributed by atoms with Gasteiger partial charge in [-0.15, -0.1) is 0 Å². The lowest BCUT2D eigenvalue weighted by molar-refractivity contribution is -0.118. The van der Waals surface area contributed by atoms with Crippen LogP contribution in [0.4, 0.5) is 11.4 Å². The Kier molecular flexibility index (Phi) is 4.77. The van der Waals surface area contributed by atoms with Crippen molar-refractivity contribution in [2.45, 2.75) is 13.1 Å². The molecule has 1 N–H and O–H groups in total. The average molecular weight is 447 g/mol. The molecule has 0 spiro atoms. The number of para-hydroxylation sites is 6. The number of fused-ring (bicyclic) bond motifs is 3. The van der Waals surface area contributed by atoms with Crippen LogP contribution in [0, 0.1) is 5.41 Å². The minimum atomic E-state index is -0.135. The van der Waals surface area contributed by atoms with Gasteiger partial charge in [0, 0.05) is 0 Å². The van der Waals surface area contributed by atoms with Crippen LogP contribution in [0.25, 0.3) is 11.0 Å². The first kappa shape index (κ1) is 20.1. The van der Waals surface area contributed by atoms with Gasteiger partial charge in [0.25, 0.3) is 5.91 Å². The quantitative estimate of drug-likeness (QED) is 0.400. The highest BCUT2D eigenvalue weighted by Crippen LogP contribution is 2.46. The zero-order valence-corrected chi connectivity index (χ0v) is 18.4. The van der Waals surface area contributed by atoms with Gasteiger partial charge >= 0.3 is 0 Å². The van der Waals surface area contributed by atoms with E-state index in [1.807, 2.05) is 108 Å². The third-order valence-electron chi connectivity index (χ3n) is 6.13. The van der Waals surface area contributed by atoms with Crippen molar-refractivity contribution in [1.82, 2.24) is 9.13 Å². The molecule has 6 nitrogen and oxygen atoms in total. The van der Waals surface area contributed by atoms with Gasteiger partial charge < -0.3 is 13.9 Å². The predicted molar refractivity (Wildman–Crippen MR) is 131 cm³/mol. The summed E-state index contributed by atoms with van der Waals surface area (Å²) in [5.41, 5.74) is 4.57. The first-order valence-corrected chi connectivity index (χ1v) is 11.2. The van der Waals surface area contributed by atoms with Crippen molar-refractivity contribution in [3.8, 4) is 11.5 Å². The van der Waals surface area contributed by atoms with E-state index in [1.54, 1.807) is 9.47 Å². The van der Waals surface area contributed by atoms with Crippen molar-refractivity contribution >= 4 is 28.3 Å². The molecule has 0 saturated carbocycles. The molecule has 4 aromatic carbocycles. The molecule has 1 aromatic heterocycles. The molecule has 0 saturated heterocycles. The Balaban J connectivity index is 1.43. The number of nitrogens with one attached hydrogen (secondary N) is 1. The zero-order chi connectivity index (χ0) is 23.1. The molecule has 6 rings (SSSR count). The monoisotopic (exact) mass is 446 g/mol. The molecule has 1 aliphatic heterocycles. The summed E-state index contributed by atoms with van der Waals surface area (Å²) < 4.78 is 9.75. The summed E-state index contributed by atoms with van der Waals surface area (Å²) in [6, 6.07) is 33.0. The van der Waals surface area contributed by atoms with Crippen LogP contribution in [0.3, 0.4) is 0 Å². The Labute approximate surface area is 196 Å². The first-order valence-electron chi connectivity index (χ1n) is 11.2. The van der Waals surface area contributed by atoms with Crippen molar-refractivity contribution in [2.75, 3.05) is 4.90 Å². The Bertz CT molecular complexity index is 1540. The van der Waals surface area contributed by atoms with Crippen LogP contribution in [0.15, 0.2) is 103 Å². The van der Waals surface area contributed by atoms with E-state index in [0.717, 1.165) is 16.6 Å². The number of imidazole rings is 1. The molecule has 5 aromatic rings. The molecule has 2 heterocycles. The van der Waals surface area contributed by atoms with Gasteiger partial charge in [0.05, 0.1) is 29.0 Å². The van der Waals surface area contributed by atoms with Crippen molar-refractivity contribution in [3.63, 3.8) is 0 Å². The van der Waals surface area contributed by atoms with Crippen molar-refractivity contribution < 1.29 is 9.53 Å². The lowest BCUT2D eigenvalue weighted by Gasteiger charge is -2.31. The molecule has 6 heteroatoms. The molecule has 1 amide bonds. The van der Waals surface area contributed by atoms with Gasteiger partial charge in [0.1, 0.15) is 6.54 Å². The number of hydrogen-bond acceptors (Lipinski definition) is 3. The second kappa shape index (κ2) is 8.08. The number of ether oxygens (including phenoxy) is 1. The van der Waals surface area contributed by atoms with Gasteiger partial charge in [-0.1, -0.05) is 66.7 Å². The van der Waals surface area contributed by atoms with E-state index in [2.05, 4.69) is 0 Å². The van der Waals surface area contributed by atoms with Gasteiger partial charge in [-0.3, -0.25) is 15.1 Å². The molecule has 0 aliphatic carbocycles. The summed E-state index contributed by atoms with van der Waals surface area (Å²) >= 11 is 0. The SMILES string of the molecule is N=c1n(CC(=O)N2c3ccccc3Oc3ccccc32)c2ccccc2n1Cc1ccccc1. The summed E-state index contributed by atoms with van der Waals surface area (Å²) in [4.78, 5) is 15.5. The summed E-state index contributed by atoms with van der Waals surface area (Å²) in [7, 11) is 0. The van der Waals surface area contributed by atoms with E-state index in [9.17, 15) is 4.79 Å². The topological polar surface area (TPSA) is 63.3 Å². The van der Waals surface area contributed by atoms with Gasteiger partial charge in [-0.25, -0.2) is 0 Å². The molecule has 0 unspecified atom stereocenters. The number of anilines is 2. The predicted octanol–water partition coefficient (Wildman–Crippen LogP) is 5.44. The third-order valence-corrected chi connectivity index (χ3v) is 6.13. The Morgan fingerprint density at radius 3 is 1.85 bits per heavy atom. The minimum Gasteiger partial charge on any atom is -0.453 e. The number of nitrogens with zero attached hydrogens (tertiary/aromatic N) is 3. The van der Waals surface area contributed by atoms with E-state index in [-0.39, 0.29) is 18.1 Å². The highest BCUT2D eigenvalue weighted by atomic mass is 16.5. The van der Waals surface area contributed by atoms with Crippen LogP contribution in [0.5, 0.6) is 11.5 Å². The number of hydrogen-bond donors (Lipinski definition) is 1. The Morgan fingerprint density at radius 2 is 1.21 bits per heavy atom. The van der Waals surface area contributed by atoms with Crippen molar-refractivity contribution in [1.29, 1.82) is 5.41 Å². The largest absolute Gasteiger partial charge is 0.453 e. The number of carbonyl (C=O) groups is 1. The molecular formula is C28H22N4O2. The molecule has 166 valence electrons. The molecule has 0 bridgehead atoms. The van der Waals surface area contributed by atoms with E-state index < -0.39 is 0 Å². The molecular weight excluding hydrogens is 424 g/mol. The van der Waals surface area contributed by atoms with Gasteiger partial charge in [-0.05, 0) is 42.0 Å². The van der Waals surface area contributed by atoms with E-state index in [0.29, 0.717) is 29.4 Å². The van der Waals surface area contributed by atoms with Crippen LogP contribution < -0.4 is 15.3 Å². The number of benzene rings is 4.